The van der Waals surface area contributed by atoms with Gasteiger partial charge in [0.25, 0.3) is 0 Å². The Morgan fingerprint density at radius 2 is 1.88 bits per heavy atom. The molecule has 0 radical (unpaired) electrons. The van der Waals surface area contributed by atoms with Gasteiger partial charge < -0.3 is 15.2 Å². The van der Waals surface area contributed by atoms with E-state index in [4.69, 9.17) is 0 Å². The number of H-pyrrole nitrogens is 1. The van der Waals surface area contributed by atoms with Crippen LogP contribution in [0.2, 0.25) is 0 Å². The predicted molar refractivity (Wildman–Crippen MR) is 70.6 cm³/mol. The normalized spacial score (nSPS) is 16.1. The Morgan fingerprint density at radius 3 is 2.69 bits per heavy atom. The SMILES string of the molecule is Cl.c1cc2cc(N3CCNCC3)ccc2[nH]1. The van der Waals surface area contributed by atoms with E-state index in [0.29, 0.717) is 0 Å². The van der Waals surface area contributed by atoms with E-state index >= 15 is 0 Å². The van der Waals surface area contributed by atoms with Crippen molar-refractivity contribution in [2.75, 3.05) is 31.1 Å². The summed E-state index contributed by atoms with van der Waals surface area (Å²) in [5.74, 6) is 0. The number of aromatic nitrogens is 1. The predicted octanol–water partition coefficient (Wildman–Crippen LogP) is 2.00. The van der Waals surface area contributed by atoms with Crippen molar-refractivity contribution in [3.63, 3.8) is 0 Å². The highest BCUT2D eigenvalue weighted by atomic mass is 35.5. The maximum atomic E-state index is 3.37. The van der Waals surface area contributed by atoms with Crippen molar-refractivity contribution < 1.29 is 0 Å². The van der Waals surface area contributed by atoms with Crippen LogP contribution in [0.5, 0.6) is 0 Å². The first-order chi connectivity index (χ1) is 7.43. The third-order valence-corrected chi connectivity index (χ3v) is 3.02. The summed E-state index contributed by atoms with van der Waals surface area (Å²) < 4.78 is 0. The largest absolute Gasteiger partial charge is 0.369 e. The lowest BCUT2D eigenvalue weighted by Gasteiger charge is -2.29. The van der Waals surface area contributed by atoms with Gasteiger partial charge >= 0.3 is 0 Å². The molecule has 2 N–H and O–H groups in total. The second-order valence-corrected chi connectivity index (χ2v) is 3.99. The maximum absolute atomic E-state index is 3.37. The first-order valence-electron chi connectivity index (χ1n) is 5.46. The number of fused-ring (bicyclic) bond motifs is 1. The van der Waals surface area contributed by atoms with E-state index in [-0.39, 0.29) is 12.4 Å². The molecule has 0 atom stereocenters. The van der Waals surface area contributed by atoms with Crippen molar-refractivity contribution in [2.24, 2.45) is 0 Å². The molecular weight excluding hydrogens is 222 g/mol. The Morgan fingerprint density at radius 1 is 1.06 bits per heavy atom. The van der Waals surface area contributed by atoms with Gasteiger partial charge in [0.05, 0.1) is 0 Å². The van der Waals surface area contributed by atoms with E-state index in [9.17, 15) is 0 Å². The van der Waals surface area contributed by atoms with Gasteiger partial charge in [0.1, 0.15) is 0 Å². The van der Waals surface area contributed by atoms with Crippen LogP contribution in [0.3, 0.4) is 0 Å². The monoisotopic (exact) mass is 237 g/mol. The molecule has 1 aromatic carbocycles. The zero-order chi connectivity index (χ0) is 10.1. The lowest BCUT2D eigenvalue weighted by atomic mass is 10.2. The van der Waals surface area contributed by atoms with Crippen LogP contribution in [0.1, 0.15) is 0 Å². The number of nitrogens with one attached hydrogen (secondary N) is 2. The molecule has 4 heteroatoms. The fourth-order valence-electron chi connectivity index (χ4n) is 2.16. The zero-order valence-electron chi connectivity index (χ0n) is 9.07. The summed E-state index contributed by atoms with van der Waals surface area (Å²) in [6, 6.07) is 8.75. The van der Waals surface area contributed by atoms with Crippen LogP contribution in [0, 0.1) is 0 Å². The number of benzene rings is 1. The molecule has 1 aromatic heterocycles. The Labute approximate surface area is 101 Å². The molecule has 2 heterocycles. The van der Waals surface area contributed by atoms with Crippen LogP contribution in [-0.2, 0) is 0 Å². The summed E-state index contributed by atoms with van der Waals surface area (Å²) in [5, 5.41) is 4.67. The molecule has 0 spiro atoms. The average molecular weight is 238 g/mol. The molecule has 1 aliphatic heterocycles. The minimum atomic E-state index is 0. The van der Waals surface area contributed by atoms with Crippen molar-refractivity contribution >= 4 is 29.0 Å². The van der Waals surface area contributed by atoms with Crippen molar-refractivity contribution in [1.29, 1.82) is 0 Å². The van der Waals surface area contributed by atoms with Crippen LogP contribution in [-0.4, -0.2) is 31.2 Å². The Kier molecular flexibility index (Phi) is 3.36. The number of halogens is 1. The second-order valence-electron chi connectivity index (χ2n) is 3.99. The molecule has 1 aliphatic rings. The highest BCUT2D eigenvalue weighted by molar-refractivity contribution is 5.85. The second kappa shape index (κ2) is 4.76. The third kappa shape index (κ3) is 2.01. The van der Waals surface area contributed by atoms with E-state index in [2.05, 4.69) is 39.5 Å². The Balaban J connectivity index is 0.000000963. The molecule has 0 bridgehead atoms. The summed E-state index contributed by atoms with van der Waals surface area (Å²) in [4.78, 5) is 5.65. The summed E-state index contributed by atoms with van der Waals surface area (Å²) in [6.07, 6.45) is 1.99. The molecule has 0 aliphatic carbocycles. The number of piperazine rings is 1. The molecule has 0 saturated carbocycles. The van der Waals surface area contributed by atoms with E-state index < -0.39 is 0 Å². The third-order valence-electron chi connectivity index (χ3n) is 3.02. The van der Waals surface area contributed by atoms with Gasteiger partial charge in [0, 0.05) is 49.0 Å². The fourth-order valence-corrected chi connectivity index (χ4v) is 2.16. The van der Waals surface area contributed by atoms with E-state index in [1.54, 1.807) is 0 Å². The van der Waals surface area contributed by atoms with Gasteiger partial charge in [-0.1, -0.05) is 0 Å². The Hall–Kier alpha value is -1.19. The highest BCUT2D eigenvalue weighted by Gasteiger charge is 2.10. The topological polar surface area (TPSA) is 31.1 Å². The number of hydrogen-bond donors (Lipinski definition) is 2. The minimum absolute atomic E-state index is 0. The molecule has 3 rings (SSSR count). The molecule has 1 saturated heterocycles. The van der Waals surface area contributed by atoms with Gasteiger partial charge in [0.15, 0.2) is 0 Å². The standard InChI is InChI=1S/C12H15N3.ClH/c1-2-12-10(3-4-14-12)9-11(1)15-7-5-13-6-8-15;/h1-4,9,13-14H,5-8H2;1H. The quantitative estimate of drug-likeness (QED) is 0.795. The molecule has 0 amide bonds. The average Bonchev–Trinajstić information content (AvgIpc) is 2.77. The van der Waals surface area contributed by atoms with Gasteiger partial charge in [0.2, 0.25) is 0 Å². The summed E-state index contributed by atoms with van der Waals surface area (Å²) in [7, 11) is 0. The van der Waals surface area contributed by atoms with Gasteiger partial charge in [-0.15, -0.1) is 12.4 Å². The molecule has 0 unspecified atom stereocenters. The number of aromatic amines is 1. The lowest BCUT2D eigenvalue weighted by molar-refractivity contribution is 0.589. The molecule has 2 aromatic rings. The van der Waals surface area contributed by atoms with Gasteiger partial charge in [-0.05, 0) is 24.3 Å². The van der Waals surface area contributed by atoms with Crippen molar-refractivity contribution in [1.82, 2.24) is 10.3 Å². The molecule has 1 fully saturated rings. The molecule has 86 valence electrons. The first kappa shape index (κ1) is 11.3. The van der Waals surface area contributed by atoms with Gasteiger partial charge in [-0.2, -0.15) is 0 Å². The zero-order valence-corrected chi connectivity index (χ0v) is 9.89. The van der Waals surface area contributed by atoms with Crippen LogP contribution in [0.4, 0.5) is 5.69 Å². The van der Waals surface area contributed by atoms with Gasteiger partial charge in [-0.3, -0.25) is 0 Å². The first-order valence-corrected chi connectivity index (χ1v) is 5.46. The summed E-state index contributed by atoms with van der Waals surface area (Å²) in [5.41, 5.74) is 2.55. The number of rotatable bonds is 1. The van der Waals surface area contributed by atoms with Crippen LogP contribution >= 0.6 is 12.4 Å². The fraction of sp³-hybridized carbons (Fsp3) is 0.333. The van der Waals surface area contributed by atoms with Crippen LogP contribution < -0.4 is 10.2 Å². The van der Waals surface area contributed by atoms with Crippen LogP contribution in [0.15, 0.2) is 30.5 Å². The number of anilines is 1. The summed E-state index contributed by atoms with van der Waals surface area (Å²) in [6.45, 7) is 4.39. The molecule has 16 heavy (non-hydrogen) atoms. The van der Waals surface area contributed by atoms with E-state index in [1.165, 1.54) is 16.6 Å². The minimum Gasteiger partial charge on any atom is -0.369 e. The van der Waals surface area contributed by atoms with Crippen molar-refractivity contribution in [3.05, 3.63) is 30.5 Å². The maximum Gasteiger partial charge on any atom is 0.0455 e. The lowest BCUT2D eigenvalue weighted by Crippen LogP contribution is -2.43. The van der Waals surface area contributed by atoms with Crippen molar-refractivity contribution in [3.8, 4) is 0 Å². The van der Waals surface area contributed by atoms with E-state index in [1.807, 2.05) is 6.20 Å². The summed E-state index contributed by atoms with van der Waals surface area (Å²) >= 11 is 0. The van der Waals surface area contributed by atoms with Crippen molar-refractivity contribution in [2.45, 2.75) is 0 Å². The van der Waals surface area contributed by atoms with Gasteiger partial charge in [-0.25, -0.2) is 0 Å². The molecule has 3 nitrogen and oxygen atoms in total. The Bertz CT molecular complexity index is 460. The van der Waals surface area contributed by atoms with E-state index in [0.717, 1.165) is 26.2 Å². The smallest absolute Gasteiger partial charge is 0.0455 e. The number of nitrogens with zero attached hydrogens (tertiary/aromatic N) is 1. The highest BCUT2D eigenvalue weighted by Crippen LogP contribution is 2.21. The van der Waals surface area contributed by atoms with Crippen LogP contribution in [0.25, 0.3) is 10.9 Å². The molecular formula is C12H16ClN3. The number of hydrogen-bond acceptors (Lipinski definition) is 2.